The largest absolute Gasteiger partial charge is 0.423 e. The van der Waals surface area contributed by atoms with E-state index in [1.807, 2.05) is 13.0 Å². The minimum absolute atomic E-state index is 0.279. The Balaban J connectivity index is 2.35. The molecule has 0 atom stereocenters. The molecule has 0 saturated heterocycles. The lowest BCUT2D eigenvalue weighted by molar-refractivity contribution is -0.138. The van der Waals surface area contributed by atoms with Crippen LogP contribution in [0.5, 0.6) is 11.5 Å². The Morgan fingerprint density at radius 1 is 1.00 bits per heavy atom. The second-order valence-electron chi connectivity index (χ2n) is 4.06. The van der Waals surface area contributed by atoms with E-state index in [1.54, 1.807) is 12.1 Å². The lowest BCUT2D eigenvalue weighted by Crippen LogP contribution is -2.15. The van der Waals surface area contributed by atoms with Gasteiger partial charge in [0, 0.05) is 12.8 Å². The Bertz CT molecular complexity index is 451. The maximum absolute atomic E-state index is 11.5. The van der Waals surface area contributed by atoms with Gasteiger partial charge in [-0.1, -0.05) is 12.1 Å². The predicted molar refractivity (Wildman–Crippen MR) is 60.9 cm³/mol. The summed E-state index contributed by atoms with van der Waals surface area (Å²) in [6, 6.07) is 5.21. The molecule has 0 aliphatic carbocycles. The molecule has 1 aromatic carbocycles. The van der Waals surface area contributed by atoms with Gasteiger partial charge in [-0.3, -0.25) is 9.59 Å². The van der Waals surface area contributed by atoms with Gasteiger partial charge in [0.05, 0.1) is 0 Å². The number of hydrogen-bond acceptors (Lipinski definition) is 4. The molecule has 90 valence electrons. The van der Waals surface area contributed by atoms with E-state index in [0.29, 0.717) is 37.2 Å². The monoisotopic (exact) mass is 234 g/mol. The molecule has 1 aliphatic heterocycles. The zero-order valence-corrected chi connectivity index (χ0v) is 9.69. The summed E-state index contributed by atoms with van der Waals surface area (Å²) in [5.74, 6) is 0.117. The van der Waals surface area contributed by atoms with Crippen molar-refractivity contribution in [2.24, 2.45) is 0 Å². The van der Waals surface area contributed by atoms with Gasteiger partial charge in [0.1, 0.15) is 0 Å². The number of carbonyl (C=O) groups is 2. The molecule has 1 aromatic rings. The van der Waals surface area contributed by atoms with E-state index in [9.17, 15) is 9.59 Å². The van der Waals surface area contributed by atoms with Gasteiger partial charge in [0.2, 0.25) is 0 Å². The number of rotatable bonds is 0. The number of para-hydroxylation sites is 1. The number of benzene rings is 1. The van der Waals surface area contributed by atoms with Crippen molar-refractivity contribution in [1.82, 2.24) is 0 Å². The zero-order chi connectivity index (χ0) is 12.3. The standard InChI is InChI=1S/C13H14O4/c1-9-5-4-6-10-13(9)17-12(15)8-3-2-7-11(14)16-10/h4-6H,2-3,7-8H2,1H3. The van der Waals surface area contributed by atoms with E-state index in [2.05, 4.69) is 0 Å². The molecule has 0 amide bonds. The maximum atomic E-state index is 11.5. The highest BCUT2D eigenvalue weighted by molar-refractivity contribution is 5.77. The summed E-state index contributed by atoms with van der Waals surface area (Å²) in [7, 11) is 0. The second-order valence-corrected chi connectivity index (χ2v) is 4.06. The number of aryl methyl sites for hydroxylation is 1. The van der Waals surface area contributed by atoms with Crippen molar-refractivity contribution < 1.29 is 19.1 Å². The topological polar surface area (TPSA) is 52.6 Å². The average molecular weight is 234 g/mol. The summed E-state index contributed by atoms with van der Waals surface area (Å²) in [5.41, 5.74) is 0.782. The summed E-state index contributed by atoms with van der Waals surface area (Å²) in [5, 5.41) is 0. The van der Waals surface area contributed by atoms with Crippen molar-refractivity contribution in [1.29, 1.82) is 0 Å². The van der Waals surface area contributed by atoms with Crippen LogP contribution >= 0.6 is 0 Å². The third-order valence-corrected chi connectivity index (χ3v) is 2.63. The molecule has 17 heavy (non-hydrogen) atoms. The zero-order valence-electron chi connectivity index (χ0n) is 9.69. The molecule has 0 fully saturated rings. The van der Waals surface area contributed by atoms with Crippen LogP contribution in [-0.4, -0.2) is 11.9 Å². The Kier molecular flexibility index (Phi) is 3.42. The van der Waals surface area contributed by atoms with Crippen LogP contribution in [-0.2, 0) is 9.59 Å². The van der Waals surface area contributed by atoms with Crippen molar-refractivity contribution in [2.45, 2.75) is 32.6 Å². The van der Waals surface area contributed by atoms with E-state index < -0.39 is 0 Å². The van der Waals surface area contributed by atoms with Crippen molar-refractivity contribution >= 4 is 11.9 Å². The minimum Gasteiger partial charge on any atom is -0.423 e. The summed E-state index contributed by atoms with van der Waals surface area (Å²) < 4.78 is 10.4. The summed E-state index contributed by atoms with van der Waals surface area (Å²) >= 11 is 0. The van der Waals surface area contributed by atoms with Crippen molar-refractivity contribution in [3.05, 3.63) is 23.8 Å². The molecule has 0 unspecified atom stereocenters. The van der Waals surface area contributed by atoms with Crippen LogP contribution in [0, 0.1) is 6.92 Å². The van der Waals surface area contributed by atoms with Gasteiger partial charge in [-0.05, 0) is 31.4 Å². The van der Waals surface area contributed by atoms with E-state index in [0.717, 1.165) is 5.56 Å². The fraction of sp³-hybridized carbons (Fsp3) is 0.385. The molecule has 4 nitrogen and oxygen atoms in total. The van der Waals surface area contributed by atoms with Gasteiger partial charge in [0.15, 0.2) is 11.5 Å². The molecule has 1 heterocycles. The first-order valence-electron chi connectivity index (χ1n) is 5.68. The lowest BCUT2D eigenvalue weighted by Gasteiger charge is -2.14. The van der Waals surface area contributed by atoms with Gasteiger partial charge in [-0.25, -0.2) is 0 Å². The molecular weight excluding hydrogens is 220 g/mol. The Labute approximate surface area is 99.5 Å². The van der Waals surface area contributed by atoms with Gasteiger partial charge in [-0.15, -0.1) is 0 Å². The number of ether oxygens (including phenoxy) is 2. The van der Waals surface area contributed by atoms with Crippen LogP contribution < -0.4 is 9.47 Å². The highest BCUT2D eigenvalue weighted by Gasteiger charge is 2.17. The molecular formula is C13H14O4. The quantitative estimate of drug-likeness (QED) is 0.511. The van der Waals surface area contributed by atoms with Crippen LogP contribution in [0.15, 0.2) is 18.2 Å². The van der Waals surface area contributed by atoms with Crippen LogP contribution in [0.25, 0.3) is 0 Å². The van der Waals surface area contributed by atoms with Gasteiger partial charge in [0.25, 0.3) is 0 Å². The number of hydrogen-bond donors (Lipinski definition) is 0. The fourth-order valence-electron chi connectivity index (χ4n) is 1.71. The molecule has 0 spiro atoms. The van der Waals surface area contributed by atoms with E-state index in [-0.39, 0.29) is 11.9 Å². The molecule has 0 saturated carbocycles. The molecule has 0 aromatic heterocycles. The number of fused-ring (bicyclic) bond motifs is 1. The summed E-state index contributed by atoms with van der Waals surface area (Å²) in [4.78, 5) is 23.0. The molecule has 4 heteroatoms. The molecule has 1 aliphatic rings. The first-order chi connectivity index (χ1) is 8.16. The number of carbonyl (C=O) groups excluding carboxylic acids is 2. The van der Waals surface area contributed by atoms with Gasteiger partial charge < -0.3 is 9.47 Å². The van der Waals surface area contributed by atoms with Crippen molar-refractivity contribution in [3.8, 4) is 11.5 Å². The van der Waals surface area contributed by atoms with Crippen LogP contribution in [0.4, 0.5) is 0 Å². The normalized spacial score (nSPS) is 16.8. The molecule has 0 N–H and O–H groups in total. The summed E-state index contributed by atoms with van der Waals surface area (Å²) in [6.07, 6.45) is 1.96. The minimum atomic E-state index is -0.283. The smallest absolute Gasteiger partial charge is 0.311 e. The highest BCUT2D eigenvalue weighted by Crippen LogP contribution is 2.32. The van der Waals surface area contributed by atoms with Gasteiger partial charge in [-0.2, -0.15) is 0 Å². The van der Waals surface area contributed by atoms with Crippen LogP contribution in [0.2, 0.25) is 0 Å². The first kappa shape index (κ1) is 11.6. The highest BCUT2D eigenvalue weighted by atomic mass is 16.6. The average Bonchev–Trinajstić information content (AvgIpc) is 2.29. The van der Waals surface area contributed by atoms with E-state index >= 15 is 0 Å². The van der Waals surface area contributed by atoms with Crippen LogP contribution in [0.1, 0.15) is 31.2 Å². The Morgan fingerprint density at radius 2 is 1.65 bits per heavy atom. The summed E-state index contributed by atoms with van der Waals surface area (Å²) in [6.45, 7) is 1.81. The van der Waals surface area contributed by atoms with E-state index in [4.69, 9.17) is 9.47 Å². The van der Waals surface area contributed by atoms with Crippen molar-refractivity contribution in [3.63, 3.8) is 0 Å². The first-order valence-corrected chi connectivity index (χ1v) is 5.68. The Hall–Kier alpha value is -1.84. The van der Waals surface area contributed by atoms with Crippen molar-refractivity contribution in [2.75, 3.05) is 0 Å². The van der Waals surface area contributed by atoms with Gasteiger partial charge >= 0.3 is 11.9 Å². The van der Waals surface area contributed by atoms with E-state index in [1.165, 1.54) is 0 Å². The van der Waals surface area contributed by atoms with Crippen LogP contribution in [0.3, 0.4) is 0 Å². The third kappa shape index (κ3) is 2.84. The SMILES string of the molecule is Cc1cccc2c1OC(=O)CCCCC(=O)O2. The predicted octanol–water partition coefficient (Wildman–Crippen LogP) is 2.38. The molecule has 0 bridgehead atoms. The molecule has 0 radical (unpaired) electrons. The number of esters is 2. The lowest BCUT2D eigenvalue weighted by atomic mass is 10.1. The third-order valence-electron chi connectivity index (χ3n) is 2.63. The Morgan fingerprint density at radius 3 is 2.35 bits per heavy atom. The maximum Gasteiger partial charge on any atom is 0.311 e. The second kappa shape index (κ2) is 4.99. The molecule has 2 rings (SSSR count). The fourth-order valence-corrected chi connectivity index (χ4v) is 1.71.